The summed E-state index contributed by atoms with van der Waals surface area (Å²) in [5, 5.41) is 25.8. The van der Waals surface area contributed by atoms with Gasteiger partial charge in [0.05, 0.1) is 12.1 Å². The summed E-state index contributed by atoms with van der Waals surface area (Å²) in [6.45, 7) is 0. The zero-order chi connectivity index (χ0) is 21.4. The standard InChI is InChI=1S/C22H19N5O3/c1-29-22(30-2)21(14-24)17(15-9-5-3-6-10-15)20(21,13-23)18(27-22)26-19(28)25-16-11-7-4-8-12-16/h3-12,17H,1-2H3,(H2,25,26,27,28)/t17-,20+,21+/m0/s1. The van der Waals surface area contributed by atoms with Crippen molar-refractivity contribution in [3.8, 4) is 12.1 Å². The highest BCUT2D eigenvalue weighted by atomic mass is 16.7. The Balaban J connectivity index is 1.76. The number of carbonyl (C=O) groups is 1. The van der Waals surface area contributed by atoms with Gasteiger partial charge in [0.15, 0.2) is 10.8 Å². The molecule has 2 N–H and O–H groups in total. The third kappa shape index (κ3) is 2.32. The summed E-state index contributed by atoms with van der Waals surface area (Å²) >= 11 is 0. The number of benzene rings is 2. The third-order valence-corrected chi connectivity index (χ3v) is 5.84. The van der Waals surface area contributed by atoms with Gasteiger partial charge in [-0.2, -0.15) is 10.5 Å². The molecule has 8 nitrogen and oxygen atoms in total. The topological polar surface area (TPSA) is 120 Å². The van der Waals surface area contributed by atoms with E-state index in [1.165, 1.54) is 14.2 Å². The van der Waals surface area contributed by atoms with E-state index in [1.54, 1.807) is 24.3 Å². The first-order chi connectivity index (χ1) is 14.5. The highest BCUT2D eigenvalue weighted by Gasteiger charge is 2.94. The van der Waals surface area contributed by atoms with Crippen LogP contribution in [0.15, 0.2) is 65.7 Å². The van der Waals surface area contributed by atoms with Crippen molar-refractivity contribution in [1.29, 1.82) is 10.5 Å². The number of anilines is 1. The van der Waals surface area contributed by atoms with Crippen LogP contribution in [0.3, 0.4) is 0 Å². The number of rotatable bonds is 4. The maximum Gasteiger partial charge on any atom is 0.324 e. The molecule has 8 heteroatoms. The van der Waals surface area contributed by atoms with Crippen LogP contribution in [0.4, 0.5) is 10.5 Å². The van der Waals surface area contributed by atoms with Crippen molar-refractivity contribution in [3.05, 3.63) is 66.2 Å². The van der Waals surface area contributed by atoms with Crippen LogP contribution < -0.4 is 10.6 Å². The van der Waals surface area contributed by atoms with E-state index in [1.807, 2.05) is 36.4 Å². The lowest BCUT2D eigenvalue weighted by Gasteiger charge is -2.29. The fourth-order valence-corrected chi connectivity index (χ4v) is 4.54. The largest absolute Gasteiger partial charge is 0.333 e. The van der Waals surface area contributed by atoms with E-state index in [4.69, 9.17) is 9.47 Å². The van der Waals surface area contributed by atoms with Crippen molar-refractivity contribution in [2.75, 3.05) is 19.5 Å². The lowest BCUT2D eigenvalue weighted by molar-refractivity contribution is -0.230. The van der Waals surface area contributed by atoms with Gasteiger partial charge in [0.25, 0.3) is 5.91 Å². The minimum Gasteiger partial charge on any atom is -0.333 e. The number of hydrogen-bond acceptors (Lipinski definition) is 6. The molecule has 30 heavy (non-hydrogen) atoms. The molecule has 2 aliphatic rings. The molecule has 0 saturated heterocycles. The van der Waals surface area contributed by atoms with E-state index in [0.29, 0.717) is 5.69 Å². The van der Waals surface area contributed by atoms with E-state index < -0.39 is 28.7 Å². The molecule has 1 fully saturated rings. The molecular formula is C22H19N5O3. The molecule has 4 rings (SSSR count). The second kappa shape index (κ2) is 6.96. The number of nitriles is 2. The van der Waals surface area contributed by atoms with Gasteiger partial charge in [-0.1, -0.05) is 48.5 Å². The van der Waals surface area contributed by atoms with Crippen LogP contribution in [0.1, 0.15) is 11.5 Å². The fraction of sp³-hybridized carbons (Fsp3) is 0.273. The van der Waals surface area contributed by atoms with Crippen LogP contribution in [-0.4, -0.2) is 32.0 Å². The van der Waals surface area contributed by atoms with Crippen molar-refractivity contribution < 1.29 is 14.3 Å². The number of methoxy groups -OCH3 is 2. The van der Waals surface area contributed by atoms with Gasteiger partial charge in [0.1, 0.15) is 5.84 Å². The Morgan fingerprint density at radius 2 is 1.57 bits per heavy atom. The molecule has 3 atom stereocenters. The molecule has 1 aliphatic carbocycles. The SMILES string of the molecule is COC1(OC)N=C(NC(=O)Nc2ccccc2)[C@@]2(C#N)[C@H](c3ccccc3)[C@@]12C#N. The summed E-state index contributed by atoms with van der Waals surface area (Å²) in [5.74, 6) is -2.28. The molecule has 1 saturated carbocycles. The average molecular weight is 401 g/mol. The maximum atomic E-state index is 12.6. The Morgan fingerprint density at radius 1 is 0.967 bits per heavy atom. The number of nitrogens with one attached hydrogen (secondary N) is 2. The van der Waals surface area contributed by atoms with Crippen LogP contribution in [0.5, 0.6) is 0 Å². The summed E-state index contributed by atoms with van der Waals surface area (Å²) in [6, 6.07) is 21.9. The summed E-state index contributed by atoms with van der Waals surface area (Å²) < 4.78 is 11.1. The number of para-hydroxylation sites is 1. The summed E-state index contributed by atoms with van der Waals surface area (Å²) in [5.41, 5.74) is -1.54. The molecule has 0 unspecified atom stereocenters. The van der Waals surface area contributed by atoms with E-state index >= 15 is 0 Å². The number of amidine groups is 1. The molecule has 2 aromatic carbocycles. The Bertz CT molecular complexity index is 1090. The number of fused-ring (bicyclic) bond motifs is 1. The van der Waals surface area contributed by atoms with Gasteiger partial charge in [-0.3, -0.25) is 5.32 Å². The molecule has 0 bridgehead atoms. The fourth-order valence-electron chi connectivity index (χ4n) is 4.54. The van der Waals surface area contributed by atoms with Gasteiger partial charge in [0, 0.05) is 25.8 Å². The highest BCUT2D eigenvalue weighted by Crippen LogP contribution is 2.82. The predicted octanol–water partition coefficient (Wildman–Crippen LogP) is 2.98. The lowest BCUT2D eigenvalue weighted by Crippen LogP contribution is -2.41. The molecule has 1 aliphatic heterocycles. The van der Waals surface area contributed by atoms with Gasteiger partial charge in [-0.15, -0.1) is 0 Å². The van der Waals surface area contributed by atoms with Crippen molar-refractivity contribution >= 4 is 17.6 Å². The Labute approximate surface area is 173 Å². The average Bonchev–Trinajstić information content (AvgIpc) is 3.35. The van der Waals surface area contributed by atoms with Crippen molar-refractivity contribution in [2.24, 2.45) is 15.8 Å². The molecule has 2 aromatic rings. The zero-order valence-electron chi connectivity index (χ0n) is 16.4. The summed E-state index contributed by atoms with van der Waals surface area (Å²) in [6.07, 6.45) is 0. The normalized spacial score (nSPS) is 27.7. The van der Waals surface area contributed by atoms with Crippen LogP contribution >= 0.6 is 0 Å². The quantitative estimate of drug-likeness (QED) is 0.763. The molecule has 0 aromatic heterocycles. The second-order valence-corrected chi connectivity index (χ2v) is 7.08. The number of urea groups is 1. The number of carbonyl (C=O) groups excluding carboxylic acids is 1. The summed E-state index contributed by atoms with van der Waals surface area (Å²) in [4.78, 5) is 17.0. The molecule has 2 amide bonds. The predicted molar refractivity (Wildman–Crippen MR) is 108 cm³/mol. The first-order valence-electron chi connectivity index (χ1n) is 9.26. The van der Waals surface area contributed by atoms with Gasteiger partial charge in [-0.05, 0) is 17.7 Å². The number of nitrogens with zero attached hydrogens (tertiary/aromatic N) is 3. The monoisotopic (exact) mass is 401 g/mol. The van der Waals surface area contributed by atoms with E-state index in [0.717, 1.165) is 5.56 Å². The molecule has 0 spiro atoms. The van der Waals surface area contributed by atoms with Gasteiger partial charge >= 0.3 is 6.03 Å². The molecular weight excluding hydrogens is 382 g/mol. The lowest BCUT2D eigenvalue weighted by atomic mass is 9.93. The van der Waals surface area contributed by atoms with Crippen LogP contribution in [-0.2, 0) is 9.47 Å². The first-order valence-corrected chi connectivity index (χ1v) is 9.26. The Hall–Kier alpha value is -3.72. The van der Waals surface area contributed by atoms with Crippen LogP contribution in [0.2, 0.25) is 0 Å². The van der Waals surface area contributed by atoms with E-state index in [-0.39, 0.29) is 5.84 Å². The van der Waals surface area contributed by atoms with Crippen molar-refractivity contribution in [2.45, 2.75) is 11.8 Å². The number of hydrogen-bond donors (Lipinski definition) is 2. The van der Waals surface area contributed by atoms with Gasteiger partial charge in [0.2, 0.25) is 0 Å². The van der Waals surface area contributed by atoms with Crippen LogP contribution in [0, 0.1) is 33.5 Å². The van der Waals surface area contributed by atoms with Crippen LogP contribution in [0.25, 0.3) is 0 Å². The number of aliphatic imine (C=N–C) groups is 1. The zero-order valence-corrected chi connectivity index (χ0v) is 16.4. The van der Waals surface area contributed by atoms with Crippen molar-refractivity contribution in [1.82, 2.24) is 5.32 Å². The third-order valence-electron chi connectivity index (χ3n) is 5.84. The van der Waals surface area contributed by atoms with Gasteiger partial charge < -0.3 is 14.8 Å². The minimum atomic E-state index is -1.73. The highest BCUT2D eigenvalue weighted by molar-refractivity contribution is 6.11. The summed E-state index contributed by atoms with van der Waals surface area (Å²) in [7, 11) is 2.73. The molecule has 150 valence electrons. The molecule has 0 radical (unpaired) electrons. The van der Waals surface area contributed by atoms with Crippen molar-refractivity contribution in [3.63, 3.8) is 0 Å². The first kappa shape index (κ1) is 19.6. The van der Waals surface area contributed by atoms with E-state index in [2.05, 4.69) is 27.8 Å². The minimum absolute atomic E-state index is 0.0394. The number of amides is 2. The maximum absolute atomic E-state index is 12.6. The molecule has 1 heterocycles. The van der Waals surface area contributed by atoms with E-state index in [9.17, 15) is 15.3 Å². The number of ether oxygens (including phenoxy) is 2. The van der Waals surface area contributed by atoms with Gasteiger partial charge in [-0.25, -0.2) is 9.79 Å². The second-order valence-electron chi connectivity index (χ2n) is 7.08. The Morgan fingerprint density at radius 3 is 2.10 bits per heavy atom. The smallest absolute Gasteiger partial charge is 0.324 e. The Kier molecular flexibility index (Phi) is 4.54.